The molecule has 6 nitrogen and oxygen atoms in total. The molecule has 0 saturated carbocycles. The standard InChI is InChI=1S/C10H12Br.3C2H4O2.Pb/c1-3-8-5-9(4-2)7-10(11)6-8;3*1-2(3)4;/h6-7H,3-4H2,1-2H3;3*1H3,(H,3,4);/q;;;;+3/p-3. The van der Waals surface area contributed by atoms with Crippen molar-refractivity contribution in [1.29, 1.82) is 0 Å². The van der Waals surface area contributed by atoms with Gasteiger partial charge in [-0.25, -0.2) is 0 Å². The third-order valence-electron chi connectivity index (χ3n) is 2.03. The molecule has 1 rings (SSSR count). The van der Waals surface area contributed by atoms with Gasteiger partial charge in [0, 0.05) is 17.9 Å². The normalized spacial score (nSPS) is 8.33. The second-order valence-corrected chi connectivity index (χ2v) is 7.14. The molecule has 0 heterocycles. The van der Waals surface area contributed by atoms with Crippen molar-refractivity contribution in [3.63, 3.8) is 0 Å². The average Bonchev–Trinajstić information content (AvgIpc) is 2.39. The molecule has 0 bridgehead atoms. The summed E-state index contributed by atoms with van der Waals surface area (Å²) in [6.07, 6.45) is 2.32. The molecular formula is C16H21BrO6Pb. The van der Waals surface area contributed by atoms with E-state index in [1.807, 2.05) is 0 Å². The Morgan fingerprint density at radius 2 is 1.08 bits per heavy atom. The van der Waals surface area contributed by atoms with Crippen LogP contribution < -0.4 is 18.4 Å². The zero-order valence-electron chi connectivity index (χ0n) is 14.4. The molecule has 24 heavy (non-hydrogen) atoms. The van der Waals surface area contributed by atoms with Gasteiger partial charge >= 0.3 is 99.2 Å². The fourth-order valence-corrected chi connectivity index (χ4v) is 3.77. The molecule has 1 aromatic rings. The summed E-state index contributed by atoms with van der Waals surface area (Å²) in [6, 6.07) is 4.50. The van der Waals surface area contributed by atoms with E-state index in [1.165, 1.54) is 41.4 Å². The van der Waals surface area contributed by atoms with Crippen molar-refractivity contribution in [3.05, 3.63) is 27.7 Å². The molecule has 0 aromatic heterocycles. The molecule has 8 heteroatoms. The van der Waals surface area contributed by atoms with E-state index in [4.69, 9.17) is 29.7 Å². The summed E-state index contributed by atoms with van der Waals surface area (Å²) in [5.74, 6) is -3.25. The molecule has 0 amide bonds. The minimum absolute atomic E-state index is 0.972. The second kappa shape index (κ2) is 16.9. The molecule has 0 N–H and O–H groups in total. The summed E-state index contributed by atoms with van der Waals surface area (Å²) < 4.78 is 2.83. The van der Waals surface area contributed by atoms with Crippen molar-refractivity contribution in [3.8, 4) is 0 Å². The average molecular weight is 596 g/mol. The van der Waals surface area contributed by atoms with Crippen LogP contribution in [0.1, 0.15) is 45.7 Å². The van der Waals surface area contributed by atoms with Gasteiger partial charge in [0.1, 0.15) is 0 Å². The van der Waals surface area contributed by atoms with Crippen LogP contribution in [-0.2, 0) is 27.2 Å². The van der Waals surface area contributed by atoms with Crippen LogP contribution in [0.3, 0.4) is 0 Å². The van der Waals surface area contributed by atoms with Gasteiger partial charge in [-0.2, -0.15) is 0 Å². The molecule has 0 spiro atoms. The third kappa shape index (κ3) is 23.3. The van der Waals surface area contributed by atoms with Crippen LogP contribution in [0.2, 0.25) is 0 Å². The van der Waals surface area contributed by atoms with Gasteiger partial charge in [0.25, 0.3) is 0 Å². The first-order chi connectivity index (χ1) is 10.9. The second-order valence-electron chi connectivity index (χ2n) is 4.28. The molecular weight excluding hydrogens is 575 g/mol. The molecule has 0 atom stereocenters. The Hall–Kier alpha value is -0.968. The maximum absolute atomic E-state index is 8.89. The molecule has 0 aliphatic carbocycles. The molecule has 132 valence electrons. The van der Waals surface area contributed by atoms with E-state index in [2.05, 4.69) is 41.9 Å². The molecule has 0 saturated heterocycles. The van der Waals surface area contributed by atoms with E-state index in [9.17, 15) is 0 Å². The Labute approximate surface area is 167 Å². The number of carboxylic acids is 3. The van der Waals surface area contributed by atoms with Crippen molar-refractivity contribution in [2.45, 2.75) is 47.5 Å². The first kappa shape index (κ1) is 27.9. The van der Waals surface area contributed by atoms with Crippen molar-refractivity contribution < 1.29 is 29.7 Å². The van der Waals surface area contributed by atoms with E-state index in [0.717, 1.165) is 33.6 Å². The first-order valence-electron chi connectivity index (χ1n) is 6.94. The van der Waals surface area contributed by atoms with Crippen LogP contribution in [-0.4, -0.2) is 43.7 Å². The van der Waals surface area contributed by atoms with Crippen molar-refractivity contribution in [2.75, 3.05) is 0 Å². The summed E-state index contributed by atoms with van der Waals surface area (Å²) >= 11 is 4.72. The van der Waals surface area contributed by atoms with Crippen LogP contribution in [0, 0.1) is 0 Å². The molecule has 0 fully saturated rings. The Balaban J connectivity index is -0.000000304. The Morgan fingerprint density at radius 3 is 1.25 bits per heavy atom. The first-order valence-corrected chi connectivity index (χ1v) is 9.68. The van der Waals surface area contributed by atoms with Crippen LogP contribution >= 0.6 is 15.9 Å². The van der Waals surface area contributed by atoms with Crippen LogP contribution in [0.4, 0.5) is 0 Å². The number of carboxylic acid groups (broad SMARTS) is 3. The molecule has 0 aliphatic heterocycles. The number of benzene rings is 1. The van der Waals surface area contributed by atoms with Gasteiger partial charge in [0.05, 0.1) is 0 Å². The van der Waals surface area contributed by atoms with E-state index < -0.39 is 17.9 Å². The SMILES string of the molecule is CC(=O)[O-].CC(=O)[O-].CC(=O)[O-].CCc1cc(Br)cc(CC)[c]1[Pb+3]. The predicted molar refractivity (Wildman–Crippen MR) is 90.3 cm³/mol. The summed E-state index contributed by atoms with van der Waals surface area (Å²) in [4.78, 5) is 26.7. The fraction of sp³-hybridized carbons (Fsp3) is 0.438. The Bertz CT molecular complexity index is 466. The Kier molecular flexibility index (Phi) is 19.6. The number of hydrogen-bond donors (Lipinski definition) is 0. The molecule has 1 aromatic carbocycles. The third-order valence-corrected chi connectivity index (χ3v) is 4.98. The predicted octanol–water partition coefficient (Wildman–Crippen LogP) is -1.36. The number of hydrogen-bond acceptors (Lipinski definition) is 6. The molecule has 0 aliphatic rings. The van der Waals surface area contributed by atoms with Gasteiger partial charge in [-0.15, -0.1) is 0 Å². The van der Waals surface area contributed by atoms with E-state index >= 15 is 0 Å². The van der Waals surface area contributed by atoms with Crippen molar-refractivity contribution >= 4 is 62.7 Å². The number of rotatable bonds is 2. The number of aryl methyl sites for hydroxylation is 2. The van der Waals surface area contributed by atoms with E-state index in [0.29, 0.717) is 0 Å². The van der Waals surface area contributed by atoms with E-state index in [1.54, 1.807) is 3.12 Å². The fourth-order valence-electron chi connectivity index (χ4n) is 1.28. The van der Waals surface area contributed by atoms with Crippen LogP contribution in [0.5, 0.6) is 0 Å². The quantitative estimate of drug-likeness (QED) is 0.389. The number of carbonyl (C=O) groups is 3. The van der Waals surface area contributed by atoms with E-state index in [-0.39, 0.29) is 0 Å². The van der Waals surface area contributed by atoms with Crippen LogP contribution in [0.15, 0.2) is 16.6 Å². The van der Waals surface area contributed by atoms with Gasteiger partial charge in [-0.05, 0) is 20.8 Å². The van der Waals surface area contributed by atoms with Gasteiger partial charge in [0.2, 0.25) is 0 Å². The Morgan fingerprint density at radius 1 is 0.875 bits per heavy atom. The maximum atomic E-state index is 8.89. The zero-order chi connectivity index (χ0) is 19.9. The number of carbonyl (C=O) groups excluding carboxylic acids is 3. The minimum atomic E-state index is -1.08. The van der Waals surface area contributed by atoms with Gasteiger partial charge in [-0.3, -0.25) is 0 Å². The summed E-state index contributed by atoms with van der Waals surface area (Å²) in [7, 11) is 0. The van der Waals surface area contributed by atoms with Gasteiger partial charge < -0.3 is 29.7 Å². The van der Waals surface area contributed by atoms with Crippen LogP contribution in [0.25, 0.3) is 0 Å². The number of aliphatic carboxylic acids is 3. The monoisotopic (exact) mass is 596 g/mol. The van der Waals surface area contributed by atoms with Crippen molar-refractivity contribution in [1.82, 2.24) is 0 Å². The summed E-state index contributed by atoms with van der Waals surface area (Å²) in [5.41, 5.74) is 3.04. The topological polar surface area (TPSA) is 120 Å². The van der Waals surface area contributed by atoms with Crippen molar-refractivity contribution in [2.24, 2.45) is 0 Å². The summed E-state index contributed by atoms with van der Waals surface area (Å²) in [6.45, 7) is 7.37. The summed E-state index contributed by atoms with van der Waals surface area (Å²) in [5, 5.41) is 26.7. The number of halogens is 1. The molecule has 0 radical (unpaired) electrons. The van der Waals surface area contributed by atoms with Gasteiger partial charge in [0.15, 0.2) is 0 Å². The molecule has 0 unspecified atom stereocenters. The van der Waals surface area contributed by atoms with Gasteiger partial charge in [-0.1, -0.05) is 0 Å². The zero-order valence-corrected chi connectivity index (χ0v) is 19.9.